The van der Waals surface area contributed by atoms with Gasteiger partial charge in [-0.3, -0.25) is 19.0 Å². The fourth-order valence-corrected chi connectivity index (χ4v) is 2.13. The molecule has 0 saturated carbocycles. The zero-order chi connectivity index (χ0) is 16.4. The molecule has 0 aliphatic carbocycles. The molecule has 1 amide bonds. The smallest absolute Gasteiger partial charge is 0.326 e. The second kappa shape index (κ2) is 5.91. The van der Waals surface area contributed by atoms with Gasteiger partial charge in [0.05, 0.1) is 6.33 Å². The highest BCUT2D eigenvalue weighted by molar-refractivity contribution is 6.01. The summed E-state index contributed by atoms with van der Waals surface area (Å²) in [5.74, 6) is -1.15. The van der Waals surface area contributed by atoms with Crippen molar-refractivity contribution in [1.82, 2.24) is 14.9 Å². The van der Waals surface area contributed by atoms with Crippen molar-refractivity contribution in [2.24, 2.45) is 0 Å². The van der Waals surface area contributed by atoms with Crippen molar-refractivity contribution in [1.29, 1.82) is 0 Å². The number of hydrogen-bond donors (Lipinski definition) is 1. The summed E-state index contributed by atoms with van der Waals surface area (Å²) >= 11 is 0. The van der Waals surface area contributed by atoms with Crippen LogP contribution in [0.5, 0.6) is 0 Å². The van der Waals surface area contributed by atoms with Crippen molar-refractivity contribution in [2.75, 3.05) is 13.7 Å². The molecule has 3 rings (SSSR count). The van der Waals surface area contributed by atoms with Crippen molar-refractivity contribution >= 4 is 33.9 Å². The molecule has 0 aliphatic rings. The van der Waals surface area contributed by atoms with Crippen LogP contribution < -0.4 is 10.9 Å². The Morgan fingerprint density at radius 2 is 2.13 bits per heavy atom. The Bertz CT molecular complexity index is 957. The Balaban J connectivity index is 1.89. The van der Waals surface area contributed by atoms with Gasteiger partial charge in [-0.15, -0.1) is 0 Å². The third-order valence-corrected chi connectivity index (χ3v) is 3.29. The highest BCUT2D eigenvalue weighted by atomic mass is 16.5. The normalized spacial score (nSPS) is 10.8. The lowest BCUT2D eigenvalue weighted by molar-refractivity contribution is -0.149. The standard InChI is InChI=1S/C15H13N3O5/c1-16-11(19)7-22-12(20)6-18-8-17-13-9-4-2-3-5-10(9)23-14(13)15(18)21/h2-5,8H,6-7H2,1H3,(H,16,19). The van der Waals surface area contributed by atoms with Crippen LogP contribution in [0.1, 0.15) is 0 Å². The van der Waals surface area contributed by atoms with Gasteiger partial charge in [-0.25, -0.2) is 4.98 Å². The summed E-state index contributed by atoms with van der Waals surface area (Å²) in [6.45, 7) is -0.750. The number of likely N-dealkylation sites (N-methyl/N-ethyl adjacent to an activating group) is 1. The highest BCUT2D eigenvalue weighted by Crippen LogP contribution is 2.23. The summed E-state index contributed by atoms with van der Waals surface area (Å²) in [4.78, 5) is 39.2. The number of aromatic nitrogens is 2. The molecule has 0 radical (unpaired) electrons. The van der Waals surface area contributed by atoms with Crippen LogP contribution in [0.4, 0.5) is 0 Å². The Morgan fingerprint density at radius 1 is 1.35 bits per heavy atom. The molecule has 0 unspecified atom stereocenters. The van der Waals surface area contributed by atoms with Crippen molar-refractivity contribution in [3.05, 3.63) is 40.9 Å². The van der Waals surface area contributed by atoms with Gasteiger partial charge in [-0.2, -0.15) is 0 Å². The van der Waals surface area contributed by atoms with Crippen molar-refractivity contribution in [2.45, 2.75) is 6.54 Å². The molecule has 118 valence electrons. The van der Waals surface area contributed by atoms with Crippen LogP contribution in [0.3, 0.4) is 0 Å². The van der Waals surface area contributed by atoms with Crippen molar-refractivity contribution < 1.29 is 18.7 Å². The number of nitrogens with zero attached hydrogens (tertiary/aromatic N) is 2. The number of amides is 1. The van der Waals surface area contributed by atoms with Gasteiger partial charge in [-0.1, -0.05) is 12.1 Å². The van der Waals surface area contributed by atoms with Crippen LogP contribution in [0, 0.1) is 0 Å². The Labute approximate surface area is 129 Å². The lowest BCUT2D eigenvalue weighted by Crippen LogP contribution is -2.29. The Kier molecular flexibility index (Phi) is 3.80. The number of nitrogens with one attached hydrogen (secondary N) is 1. The van der Waals surface area contributed by atoms with Crippen LogP contribution in [-0.2, 0) is 20.9 Å². The number of rotatable bonds is 4. The van der Waals surface area contributed by atoms with E-state index in [1.54, 1.807) is 18.2 Å². The van der Waals surface area contributed by atoms with E-state index in [1.807, 2.05) is 6.07 Å². The first-order valence-corrected chi connectivity index (χ1v) is 6.83. The monoisotopic (exact) mass is 315 g/mol. The molecule has 0 atom stereocenters. The number of benzene rings is 1. The predicted molar refractivity (Wildman–Crippen MR) is 80.8 cm³/mol. The lowest BCUT2D eigenvalue weighted by atomic mass is 10.2. The number of para-hydroxylation sites is 1. The van der Waals surface area contributed by atoms with E-state index in [0.29, 0.717) is 11.1 Å². The molecular weight excluding hydrogens is 302 g/mol. The van der Waals surface area contributed by atoms with E-state index in [4.69, 9.17) is 9.15 Å². The van der Waals surface area contributed by atoms with E-state index in [2.05, 4.69) is 10.3 Å². The summed E-state index contributed by atoms with van der Waals surface area (Å²) in [6, 6.07) is 7.15. The summed E-state index contributed by atoms with van der Waals surface area (Å²) in [7, 11) is 1.43. The van der Waals surface area contributed by atoms with E-state index in [9.17, 15) is 14.4 Å². The minimum absolute atomic E-state index is 0.0767. The first kappa shape index (κ1) is 14.8. The molecule has 0 saturated heterocycles. The SMILES string of the molecule is CNC(=O)COC(=O)Cn1cnc2c(oc3ccccc32)c1=O. The number of furan rings is 1. The Morgan fingerprint density at radius 3 is 2.91 bits per heavy atom. The van der Waals surface area contributed by atoms with Gasteiger partial charge < -0.3 is 14.5 Å². The van der Waals surface area contributed by atoms with Gasteiger partial charge >= 0.3 is 5.97 Å². The molecule has 2 heterocycles. The summed E-state index contributed by atoms with van der Waals surface area (Å²) < 4.78 is 11.3. The zero-order valence-corrected chi connectivity index (χ0v) is 12.2. The molecule has 8 nitrogen and oxygen atoms in total. The molecule has 0 bridgehead atoms. The largest absolute Gasteiger partial charge is 0.454 e. The van der Waals surface area contributed by atoms with Gasteiger partial charge in [-0.05, 0) is 12.1 Å². The molecule has 8 heteroatoms. The van der Waals surface area contributed by atoms with E-state index in [-0.39, 0.29) is 12.1 Å². The third kappa shape index (κ3) is 2.78. The van der Waals surface area contributed by atoms with Crippen molar-refractivity contribution in [3.63, 3.8) is 0 Å². The maximum atomic E-state index is 12.4. The number of fused-ring (bicyclic) bond motifs is 3. The third-order valence-electron chi connectivity index (χ3n) is 3.29. The molecule has 23 heavy (non-hydrogen) atoms. The van der Waals surface area contributed by atoms with E-state index >= 15 is 0 Å². The molecule has 1 N–H and O–H groups in total. The van der Waals surface area contributed by atoms with Gasteiger partial charge in [0.15, 0.2) is 6.61 Å². The number of carbonyl (C=O) groups excluding carboxylic acids is 2. The minimum atomic E-state index is -0.715. The second-order valence-electron chi connectivity index (χ2n) is 4.79. The van der Waals surface area contributed by atoms with Crippen LogP contribution in [0.25, 0.3) is 22.1 Å². The molecule has 0 spiro atoms. The first-order chi connectivity index (χ1) is 11.1. The van der Waals surface area contributed by atoms with E-state index in [1.165, 1.54) is 13.4 Å². The average Bonchev–Trinajstić information content (AvgIpc) is 2.94. The maximum absolute atomic E-state index is 12.4. The van der Waals surface area contributed by atoms with Gasteiger partial charge in [0.25, 0.3) is 11.5 Å². The van der Waals surface area contributed by atoms with Crippen LogP contribution in [-0.4, -0.2) is 35.1 Å². The fraction of sp³-hybridized carbons (Fsp3) is 0.200. The molecule has 1 aromatic carbocycles. The van der Waals surface area contributed by atoms with Crippen molar-refractivity contribution in [3.8, 4) is 0 Å². The predicted octanol–water partition coefficient (Wildman–Crippen LogP) is 0.432. The summed E-state index contributed by atoms with van der Waals surface area (Å²) in [5, 5.41) is 3.05. The zero-order valence-electron chi connectivity index (χ0n) is 12.2. The van der Waals surface area contributed by atoms with Gasteiger partial charge in [0.1, 0.15) is 17.6 Å². The number of hydrogen-bond acceptors (Lipinski definition) is 6. The lowest BCUT2D eigenvalue weighted by Gasteiger charge is -2.05. The summed E-state index contributed by atoms with van der Waals surface area (Å²) in [5.41, 5.74) is 0.587. The van der Waals surface area contributed by atoms with E-state index < -0.39 is 24.0 Å². The molecular formula is C15H13N3O5. The number of esters is 1. The quantitative estimate of drug-likeness (QED) is 0.700. The molecule has 2 aromatic heterocycles. The Hall–Kier alpha value is -3.16. The highest BCUT2D eigenvalue weighted by Gasteiger charge is 2.15. The van der Waals surface area contributed by atoms with E-state index in [0.717, 1.165) is 9.95 Å². The average molecular weight is 315 g/mol. The van der Waals surface area contributed by atoms with Gasteiger partial charge in [0, 0.05) is 12.4 Å². The number of carbonyl (C=O) groups is 2. The maximum Gasteiger partial charge on any atom is 0.326 e. The van der Waals surface area contributed by atoms with Crippen LogP contribution in [0.2, 0.25) is 0 Å². The molecule has 0 aliphatic heterocycles. The topological polar surface area (TPSA) is 103 Å². The molecule has 0 fully saturated rings. The van der Waals surface area contributed by atoms with Gasteiger partial charge in [0.2, 0.25) is 5.58 Å². The summed E-state index contributed by atoms with van der Waals surface area (Å²) in [6.07, 6.45) is 1.26. The first-order valence-electron chi connectivity index (χ1n) is 6.83. The van der Waals surface area contributed by atoms with Crippen LogP contribution in [0.15, 0.2) is 39.8 Å². The number of ether oxygens (including phenoxy) is 1. The fourth-order valence-electron chi connectivity index (χ4n) is 2.13. The second-order valence-corrected chi connectivity index (χ2v) is 4.79. The molecule has 3 aromatic rings. The van der Waals surface area contributed by atoms with Crippen LogP contribution >= 0.6 is 0 Å². The minimum Gasteiger partial charge on any atom is -0.454 e.